The summed E-state index contributed by atoms with van der Waals surface area (Å²) in [6.45, 7) is 3.25. The summed E-state index contributed by atoms with van der Waals surface area (Å²) in [5, 5.41) is 0. The zero-order valence-corrected chi connectivity index (χ0v) is 8.72. The molecule has 1 aliphatic heterocycles. The van der Waals surface area contributed by atoms with Crippen LogP contribution in [0.15, 0.2) is 0 Å². The van der Waals surface area contributed by atoms with Gasteiger partial charge in [-0.25, -0.2) is 0 Å². The molecule has 1 atom stereocenters. The molecule has 1 saturated heterocycles. The number of halogens is 1. The standard InChI is InChI=1S/C8H17N3O.ClH/c1-6(9)8(12)11-4-2-7(10)3-5-11;/h6-7H,2-5,9-10H2,1H3;1H/t6-;/m0./s1. The van der Waals surface area contributed by atoms with Crippen LogP contribution in [0.1, 0.15) is 19.8 Å². The van der Waals surface area contributed by atoms with Crippen molar-refractivity contribution in [2.45, 2.75) is 31.8 Å². The van der Waals surface area contributed by atoms with E-state index in [9.17, 15) is 4.79 Å². The van der Waals surface area contributed by atoms with Crippen LogP contribution in [-0.4, -0.2) is 36.0 Å². The van der Waals surface area contributed by atoms with E-state index in [1.807, 2.05) is 0 Å². The first-order valence-electron chi connectivity index (χ1n) is 4.41. The minimum Gasteiger partial charge on any atom is -0.341 e. The summed E-state index contributed by atoms with van der Waals surface area (Å²) < 4.78 is 0. The number of nitrogens with two attached hydrogens (primary N) is 2. The summed E-state index contributed by atoms with van der Waals surface area (Å²) in [6.07, 6.45) is 1.80. The van der Waals surface area contributed by atoms with Crippen molar-refractivity contribution in [3.05, 3.63) is 0 Å². The van der Waals surface area contributed by atoms with Gasteiger partial charge in [0.05, 0.1) is 6.04 Å². The van der Waals surface area contributed by atoms with Gasteiger partial charge in [-0.1, -0.05) is 0 Å². The molecule has 1 aliphatic rings. The van der Waals surface area contributed by atoms with Gasteiger partial charge in [0.25, 0.3) is 0 Å². The molecule has 0 saturated carbocycles. The highest BCUT2D eigenvalue weighted by Gasteiger charge is 2.22. The fourth-order valence-corrected chi connectivity index (χ4v) is 1.41. The summed E-state index contributed by atoms with van der Waals surface area (Å²) >= 11 is 0. The Kier molecular flexibility index (Phi) is 5.29. The predicted octanol–water partition coefficient (Wildman–Crippen LogP) is -0.295. The Morgan fingerprint density at radius 1 is 1.46 bits per heavy atom. The molecule has 13 heavy (non-hydrogen) atoms. The van der Waals surface area contributed by atoms with Crippen molar-refractivity contribution >= 4 is 18.3 Å². The minimum atomic E-state index is -0.376. The second kappa shape index (κ2) is 5.42. The van der Waals surface area contributed by atoms with Crippen LogP contribution in [0.2, 0.25) is 0 Å². The highest BCUT2D eigenvalue weighted by molar-refractivity contribution is 5.85. The van der Waals surface area contributed by atoms with E-state index < -0.39 is 0 Å². The summed E-state index contributed by atoms with van der Waals surface area (Å²) in [7, 11) is 0. The average Bonchev–Trinajstić information content (AvgIpc) is 2.04. The smallest absolute Gasteiger partial charge is 0.239 e. The molecule has 78 valence electrons. The monoisotopic (exact) mass is 207 g/mol. The second-order valence-electron chi connectivity index (χ2n) is 3.45. The molecule has 0 aromatic rings. The molecule has 4 nitrogen and oxygen atoms in total. The highest BCUT2D eigenvalue weighted by Crippen LogP contribution is 2.08. The predicted molar refractivity (Wildman–Crippen MR) is 54.7 cm³/mol. The topological polar surface area (TPSA) is 72.4 Å². The molecule has 0 spiro atoms. The summed E-state index contributed by atoms with van der Waals surface area (Å²) in [6, 6.07) is -0.110. The Balaban J connectivity index is 0.00000144. The van der Waals surface area contributed by atoms with Crippen LogP contribution >= 0.6 is 12.4 Å². The number of amides is 1. The van der Waals surface area contributed by atoms with Crippen molar-refractivity contribution in [2.75, 3.05) is 13.1 Å². The van der Waals surface area contributed by atoms with Gasteiger partial charge in [-0.3, -0.25) is 4.79 Å². The number of carbonyl (C=O) groups is 1. The first-order valence-corrected chi connectivity index (χ1v) is 4.41. The Bertz CT molecular complexity index is 167. The van der Waals surface area contributed by atoms with E-state index in [1.54, 1.807) is 11.8 Å². The van der Waals surface area contributed by atoms with Crippen LogP contribution in [0.25, 0.3) is 0 Å². The van der Waals surface area contributed by atoms with Crippen molar-refractivity contribution in [3.8, 4) is 0 Å². The molecule has 0 aliphatic carbocycles. The van der Waals surface area contributed by atoms with E-state index >= 15 is 0 Å². The number of piperidine rings is 1. The largest absolute Gasteiger partial charge is 0.341 e. The first-order chi connectivity index (χ1) is 5.61. The normalized spacial score (nSPS) is 20.7. The molecule has 0 aromatic carbocycles. The summed E-state index contributed by atoms with van der Waals surface area (Å²) in [4.78, 5) is 13.2. The van der Waals surface area contributed by atoms with Crippen LogP contribution in [0, 0.1) is 0 Å². The third-order valence-corrected chi connectivity index (χ3v) is 2.24. The number of hydrogen-bond acceptors (Lipinski definition) is 3. The molecule has 0 unspecified atom stereocenters. The van der Waals surface area contributed by atoms with E-state index in [2.05, 4.69) is 0 Å². The van der Waals surface area contributed by atoms with Crippen molar-refractivity contribution in [3.63, 3.8) is 0 Å². The Morgan fingerprint density at radius 2 is 1.92 bits per heavy atom. The fourth-order valence-electron chi connectivity index (χ4n) is 1.41. The molecule has 1 fully saturated rings. The number of rotatable bonds is 1. The third-order valence-electron chi connectivity index (χ3n) is 2.24. The molecule has 0 bridgehead atoms. The number of hydrogen-bond donors (Lipinski definition) is 2. The lowest BCUT2D eigenvalue weighted by Crippen LogP contribution is -2.48. The van der Waals surface area contributed by atoms with Gasteiger partial charge in [0.15, 0.2) is 0 Å². The van der Waals surface area contributed by atoms with Crippen LogP contribution in [0.4, 0.5) is 0 Å². The minimum absolute atomic E-state index is 0. The quantitative estimate of drug-likeness (QED) is 0.621. The maximum Gasteiger partial charge on any atom is 0.239 e. The number of likely N-dealkylation sites (tertiary alicyclic amines) is 1. The van der Waals surface area contributed by atoms with Crippen molar-refractivity contribution in [1.29, 1.82) is 0 Å². The van der Waals surface area contributed by atoms with E-state index in [-0.39, 0.29) is 30.4 Å². The lowest BCUT2D eigenvalue weighted by Gasteiger charge is -2.31. The van der Waals surface area contributed by atoms with Crippen LogP contribution in [-0.2, 0) is 4.79 Å². The zero-order chi connectivity index (χ0) is 9.14. The molecule has 1 amide bonds. The summed E-state index contributed by atoms with van der Waals surface area (Å²) in [5.41, 5.74) is 11.2. The van der Waals surface area contributed by atoms with E-state index in [4.69, 9.17) is 11.5 Å². The maximum absolute atomic E-state index is 11.4. The van der Waals surface area contributed by atoms with Crippen LogP contribution in [0.3, 0.4) is 0 Å². The second-order valence-corrected chi connectivity index (χ2v) is 3.45. The average molecular weight is 208 g/mol. The SMILES string of the molecule is C[C@H](N)C(=O)N1CCC(N)CC1.Cl. The lowest BCUT2D eigenvalue weighted by atomic mass is 10.1. The third kappa shape index (κ3) is 3.50. The number of carbonyl (C=O) groups excluding carboxylic acids is 1. The maximum atomic E-state index is 11.4. The molecule has 0 aromatic heterocycles. The highest BCUT2D eigenvalue weighted by atomic mass is 35.5. The molecule has 4 N–H and O–H groups in total. The van der Waals surface area contributed by atoms with Gasteiger partial charge >= 0.3 is 0 Å². The van der Waals surface area contributed by atoms with E-state index in [1.165, 1.54) is 0 Å². The van der Waals surface area contributed by atoms with Crippen molar-refractivity contribution in [2.24, 2.45) is 11.5 Å². The first kappa shape index (κ1) is 12.7. The lowest BCUT2D eigenvalue weighted by molar-refractivity contribution is -0.133. The van der Waals surface area contributed by atoms with Crippen LogP contribution in [0.5, 0.6) is 0 Å². The van der Waals surface area contributed by atoms with Crippen molar-refractivity contribution in [1.82, 2.24) is 4.90 Å². The zero-order valence-electron chi connectivity index (χ0n) is 7.90. The molecular formula is C8H18ClN3O. The van der Waals surface area contributed by atoms with Gasteiger partial charge in [0.2, 0.25) is 5.91 Å². The van der Waals surface area contributed by atoms with Gasteiger partial charge in [0.1, 0.15) is 0 Å². The molecule has 0 radical (unpaired) electrons. The molecule has 5 heteroatoms. The van der Waals surface area contributed by atoms with E-state index in [0.29, 0.717) is 0 Å². The van der Waals surface area contributed by atoms with Gasteiger partial charge in [-0.05, 0) is 19.8 Å². The van der Waals surface area contributed by atoms with Gasteiger partial charge < -0.3 is 16.4 Å². The van der Waals surface area contributed by atoms with E-state index in [0.717, 1.165) is 25.9 Å². The Labute approximate surface area is 85.0 Å². The molecule has 1 rings (SSSR count). The van der Waals surface area contributed by atoms with Gasteiger partial charge in [-0.15, -0.1) is 12.4 Å². The van der Waals surface area contributed by atoms with Crippen LogP contribution < -0.4 is 11.5 Å². The summed E-state index contributed by atoms with van der Waals surface area (Å²) in [5.74, 6) is 0.0434. The molecule has 1 heterocycles. The number of nitrogens with zero attached hydrogens (tertiary/aromatic N) is 1. The van der Waals surface area contributed by atoms with Crippen molar-refractivity contribution < 1.29 is 4.79 Å². The van der Waals surface area contributed by atoms with Gasteiger partial charge in [-0.2, -0.15) is 0 Å². The fraction of sp³-hybridized carbons (Fsp3) is 0.875. The molecular weight excluding hydrogens is 190 g/mol. The Morgan fingerprint density at radius 3 is 2.31 bits per heavy atom. The van der Waals surface area contributed by atoms with Gasteiger partial charge in [0, 0.05) is 19.1 Å². The Hall–Kier alpha value is -0.320.